The molecule has 0 saturated carbocycles. The Bertz CT molecular complexity index is 321. The number of hydrazine groups is 1. The van der Waals surface area contributed by atoms with Gasteiger partial charge in [0.15, 0.2) is 0 Å². The van der Waals surface area contributed by atoms with Gasteiger partial charge in [0.05, 0.1) is 0 Å². The molecule has 1 aromatic carbocycles. The van der Waals surface area contributed by atoms with Crippen molar-refractivity contribution in [2.24, 2.45) is 22.5 Å². The molecule has 0 amide bonds. The van der Waals surface area contributed by atoms with Crippen LogP contribution in [0.3, 0.4) is 0 Å². The zero-order chi connectivity index (χ0) is 10.4. The van der Waals surface area contributed by atoms with Crippen LogP contribution in [-0.4, -0.2) is 5.84 Å². The van der Waals surface area contributed by atoms with Gasteiger partial charge in [-0.2, -0.15) is 5.10 Å². The summed E-state index contributed by atoms with van der Waals surface area (Å²) in [5, 5.41) is 3.51. The number of nitrogens with two attached hydrogens (primary N) is 3. The Hall–Kier alpha value is -1.59. The first-order chi connectivity index (χ1) is 6.80. The molecule has 0 spiro atoms. The molecule has 1 aromatic rings. The van der Waals surface area contributed by atoms with E-state index in [0.717, 1.165) is 11.1 Å². The van der Waals surface area contributed by atoms with E-state index < -0.39 is 0 Å². The van der Waals surface area contributed by atoms with Gasteiger partial charge in [-0.05, 0) is 11.1 Å². The molecule has 5 heteroatoms. The van der Waals surface area contributed by atoms with Gasteiger partial charge in [0.2, 0.25) is 0 Å². The summed E-state index contributed by atoms with van der Waals surface area (Å²) >= 11 is 0. The predicted molar refractivity (Wildman–Crippen MR) is 57.0 cm³/mol. The van der Waals surface area contributed by atoms with E-state index in [1.165, 1.54) is 0 Å². The van der Waals surface area contributed by atoms with Crippen LogP contribution in [-0.2, 0) is 13.0 Å². The lowest BCUT2D eigenvalue weighted by Crippen LogP contribution is -2.32. The van der Waals surface area contributed by atoms with Gasteiger partial charge in [-0.3, -0.25) is 0 Å². The van der Waals surface area contributed by atoms with E-state index in [9.17, 15) is 0 Å². The highest BCUT2D eigenvalue weighted by Crippen LogP contribution is 2.05. The molecule has 0 unspecified atom stereocenters. The summed E-state index contributed by atoms with van der Waals surface area (Å²) in [6.45, 7) is 0.527. The van der Waals surface area contributed by atoms with Gasteiger partial charge in [-0.25, -0.2) is 5.84 Å². The number of amidine groups is 1. The second kappa shape index (κ2) is 5.21. The summed E-state index contributed by atoms with van der Waals surface area (Å²) in [4.78, 5) is 0. The molecule has 0 atom stereocenters. The molecule has 0 aromatic heterocycles. The van der Waals surface area contributed by atoms with Crippen LogP contribution in [0.4, 0.5) is 0 Å². The summed E-state index contributed by atoms with van der Waals surface area (Å²) in [6, 6.07) is 7.89. The average Bonchev–Trinajstić information content (AvgIpc) is 2.26. The van der Waals surface area contributed by atoms with Gasteiger partial charge in [-0.1, -0.05) is 24.3 Å². The number of hydrogen-bond acceptors (Lipinski definition) is 4. The molecule has 76 valence electrons. The lowest BCUT2D eigenvalue weighted by molar-refractivity contribution is 0.965. The molecule has 0 saturated heterocycles. The number of nitrogens with one attached hydrogen (secondary N) is 1. The molecule has 1 rings (SSSR count). The Morgan fingerprint density at radius 1 is 1.36 bits per heavy atom. The molecule has 5 nitrogen and oxygen atoms in total. The molecule has 0 radical (unpaired) electrons. The van der Waals surface area contributed by atoms with Crippen LogP contribution in [0.5, 0.6) is 0 Å². The van der Waals surface area contributed by atoms with E-state index in [1.807, 2.05) is 24.3 Å². The maximum absolute atomic E-state index is 5.52. The van der Waals surface area contributed by atoms with Crippen LogP contribution in [0.15, 0.2) is 29.4 Å². The van der Waals surface area contributed by atoms with Crippen molar-refractivity contribution in [2.75, 3.05) is 0 Å². The van der Waals surface area contributed by atoms with E-state index in [0.29, 0.717) is 18.8 Å². The Balaban J connectivity index is 2.76. The molecule has 0 bridgehead atoms. The van der Waals surface area contributed by atoms with Crippen LogP contribution in [0.25, 0.3) is 0 Å². The summed E-state index contributed by atoms with van der Waals surface area (Å²) in [7, 11) is 0. The largest absolute Gasteiger partial charge is 0.326 e. The quantitative estimate of drug-likeness (QED) is 0.223. The lowest BCUT2D eigenvalue weighted by Gasteiger charge is -2.05. The van der Waals surface area contributed by atoms with E-state index in [4.69, 9.17) is 17.4 Å². The molecule has 14 heavy (non-hydrogen) atoms. The van der Waals surface area contributed by atoms with Gasteiger partial charge in [0, 0.05) is 13.0 Å². The van der Waals surface area contributed by atoms with Crippen LogP contribution in [0.2, 0.25) is 0 Å². The van der Waals surface area contributed by atoms with Crippen molar-refractivity contribution in [3.05, 3.63) is 35.4 Å². The SMILES string of the molecule is NCc1cccc(C/C(=N/N)NN)c1. The molecular weight excluding hydrogens is 178 g/mol. The summed E-state index contributed by atoms with van der Waals surface area (Å²) in [5.74, 6) is 10.9. The Labute approximate surface area is 82.9 Å². The Morgan fingerprint density at radius 3 is 2.64 bits per heavy atom. The topological polar surface area (TPSA) is 102 Å². The zero-order valence-electron chi connectivity index (χ0n) is 7.90. The van der Waals surface area contributed by atoms with Gasteiger partial charge in [0.1, 0.15) is 5.84 Å². The fourth-order valence-electron chi connectivity index (χ4n) is 1.19. The summed E-state index contributed by atoms with van der Waals surface area (Å²) in [5.41, 5.74) is 10.1. The van der Waals surface area contributed by atoms with E-state index in [1.54, 1.807) is 0 Å². The second-order valence-electron chi connectivity index (χ2n) is 2.92. The number of rotatable bonds is 3. The Kier molecular flexibility index (Phi) is 3.90. The van der Waals surface area contributed by atoms with E-state index >= 15 is 0 Å². The zero-order valence-corrected chi connectivity index (χ0v) is 7.90. The van der Waals surface area contributed by atoms with Crippen LogP contribution < -0.4 is 22.8 Å². The summed E-state index contributed by atoms with van der Waals surface area (Å²) < 4.78 is 0. The maximum atomic E-state index is 5.52. The fraction of sp³-hybridized carbons (Fsp3) is 0.222. The number of benzene rings is 1. The van der Waals surface area contributed by atoms with Crippen molar-refractivity contribution >= 4 is 5.84 Å². The highest BCUT2D eigenvalue weighted by Gasteiger charge is 1.99. The first-order valence-electron chi connectivity index (χ1n) is 4.31. The van der Waals surface area contributed by atoms with Gasteiger partial charge in [-0.15, -0.1) is 0 Å². The second-order valence-corrected chi connectivity index (χ2v) is 2.92. The lowest BCUT2D eigenvalue weighted by atomic mass is 10.1. The molecular formula is C9H15N5. The third-order valence-corrected chi connectivity index (χ3v) is 1.92. The van der Waals surface area contributed by atoms with Crippen molar-refractivity contribution in [3.8, 4) is 0 Å². The van der Waals surface area contributed by atoms with E-state index in [2.05, 4.69) is 10.5 Å². The normalized spacial score (nSPS) is 11.4. The van der Waals surface area contributed by atoms with Crippen LogP contribution >= 0.6 is 0 Å². The predicted octanol–water partition coefficient (Wildman–Crippen LogP) is -0.577. The number of hydrogen-bond donors (Lipinski definition) is 4. The van der Waals surface area contributed by atoms with Crippen molar-refractivity contribution in [2.45, 2.75) is 13.0 Å². The first kappa shape index (κ1) is 10.5. The van der Waals surface area contributed by atoms with Gasteiger partial charge >= 0.3 is 0 Å². The van der Waals surface area contributed by atoms with E-state index in [-0.39, 0.29) is 0 Å². The van der Waals surface area contributed by atoms with Crippen molar-refractivity contribution in [1.29, 1.82) is 0 Å². The number of nitrogens with zero attached hydrogens (tertiary/aromatic N) is 1. The van der Waals surface area contributed by atoms with Gasteiger partial charge in [0.25, 0.3) is 0 Å². The van der Waals surface area contributed by atoms with Crippen LogP contribution in [0, 0.1) is 0 Å². The molecule has 0 heterocycles. The maximum Gasteiger partial charge on any atom is 0.140 e. The molecule has 0 aliphatic rings. The molecule has 7 N–H and O–H groups in total. The molecule has 0 aliphatic heterocycles. The third kappa shape index (κ3) is 2.72. The molecule has 0 aliphatic carbocycles. The Morgan fingerprint density at radius 2 is 2.07 bits per heavy atom. The minimum Gasteiger partial charge on any atom is -0.326 e. The monoisotopic (exact) mass is 193 g/mol. The highest BCUT2D eigenvalue weighted by molar-refractivity contribution is 5.83. The van der Waals surface area contributed by atoms with Crippen molar-refractivity contribution in [3.63, 3.8) is 0 Å². The van der Waals surface area contributed by atoms with Crippen LogP contribution in [0.1, 0.15) is 11.1 Å². The minimum atomic E-state index is 0.527. The molecule has 0 fully saturated rings. The standard InChI is InChI=1S/C9H15N5/c10-6-8-3-1-2-7(4-8)5-9(13-11)14-12/h1-4H,5-6,10-12H2,(H,13,14). The smallest absolute Gasteiger partial charge is 0.140 e. The van der Waals surface area contributed by atoms with Crippen molar-refractivity contribution < 1.29 is 0 Å². The van der Waals surface area contributed by atoms with Gasteiger partial charge < -0.3 is 17.0 Å². The first-order valence-corrected chi connectivity index (χ1v) is 4.31. The van der Waals surface area contributed by atoms with Crippen molar-refractivity contribution in [1.82, 2.24) is 5.43 Å². The third-order valence-electron chi connectivity index (χ3n) is 1.92. The minimum absolute atomic E-state index is 0.527. The highest BCUT2D eigenvalue weighted by atomic mass is 15.3. The average molecular weight is 193 g/mol. The fourth-order valence-corrected chi connectivity index (χ4v) is 1.19. The summed E-state index contributed by atoms with van der Waals surface area (Å²) in [6.07, 6.45) is 0.584. The number of hydrazone groups is 1.